The number of amides is 1. The molecule has 0 aliphatic rings. The second-order valence-electron chi connectivity index (χ2n) is 6.20. The van der Waals surface area contributed by atoms with Gasteiger partial charge in [-0.25, -0.2) is 4.39 Å². The Morgan fingerprint density at radius 3 is 2.81 bits per heavy atom. The van der Waals surface area contributed by atoms with Crippen molar-refractivity contribution in [2.24, 2.45) is 0 Å². The highest BCUT2D eigenvalue weighted by Gasteiger charge is 2.14. The average molecular weight is 369 g/mol. The molecule has 27 heavy (non-hydrogen) atoms. The predicted molar refractivity (Wildman–Crippen MR) is 96.9 cm³/mol. The van der Waals surface area contributed by atoms with Gasteiger partial charge in [0.05, 0.1) is 0 Å². The summed E-state index contributed by atoms with van der Waals surface area (Å²) in [6.07, 6.45) is 0.422. The van der Waals surface area contributed by atoms with E-state index in [2.05, 4.69) is 10.1 Å². The molecule has 140 valence electrons. The van der Waals surface area contributed by atoms with Crippen LogP contribution in [-0.2, 0) is 13.0 Å². The minimum absolute atomic E-state index is 0.175. The summed E-state index contributed by atoms with van der Waals surface area (Å²) in [5.41, 5.74) is 1.41. The molecule has 0 unspecified atom stereocenters. The topological polar surface area (TPSA) is 68.5 Å². The van der Waals surface area contributed by atoms with E-state index in [0.29, 0.717) is 30.2 Å². The average Bonchev–Trinajstić information content (AvgIpc) is 3.12. The molecule has 0 fully saturated rings. The molecule has 1 aromatic heterocycles. The lowest BCUT2D eigenvalue weighted by Crippen LogP contribution is -2.29. The van der Waals surface area contributed by atoms with Gasteiger partial charge in [-0.1, -0.05) is 23.4 Å². The highest BCUT2D eigenvalue weighted by Crippen LogP contribution is 2.14. The van der Waals surface area contributed by atoms with E-state index >= 15 is 0 Å². The van der Waals surface area contributed by atoms with E-state index in [1.54, 1.807) is 13.1 Å². The Morgan fingerprint density at radius 1 is 1.22 bits per heavy atom. The number of benzene rings is 2. The summed E-state index contributed by atoms with van der Waals surface area (Å²) in [4.78, 5) is 18.0. The predicted octanol–water partition coefficient (Wildman–Crippen LogP) is 3.41. The van der Waals surface area contributed by atoms with Crippen molar-refractivity contribution < 1.29 is 18.4 Å². The standard InChI is InChI=1S/C20H20FN3O3/c1-14-5-3-8-17(11-14)26-13-19-22-18(23-27-19)9-10-24(2)20(25)15-6-4-7-16(21)12-15/h3-8,11-12H,9-10,13H2,1-2H3. The number of halogens is 1. The van der Waals surface area contributed by atoms with Gasteiger partial charge in [0.2, 0.25) is 0 Å². The van der Waals surface area contributed by atoms with Crippen molar-refractivity contribution in [3.8, 4) is 5.75 Å². The number of likely N-dealkylation sites (N-methyl/N-ethyl adjacent to an activating group) is 1. The number of hydrogen-bond acceptors (Lipinski definition) is 5. The molecule has 1 heterocycles. The van der Waals surface area contributed by atoms with Crippen molar-refractivity contribution in [1.29, 1.82) is 0 Å². The van der Waals surface area contributed by atoms with Crippen LogP contribution in [0.2, 0.25) is 0 Å². The van der Waals surface area contributed by atoms with Crippen molar-refractivity contribution in [3.63, 3.8) is 0 Å². The molecule has 0 aliphatic heterocycles. The maximum atomic E-state index is 13.2. The van der Waals surface area contributed by atoms with Crippen LogP contribution in [0, 0.1) is 12.7 Å². The van der Waals surface area contributed by atoms with Crippen LogP contribution in [0.3, 0.4) is 0 Å². The summed E-state index contributed by atoms with van der Waals surface area (Å²) < 4.78 is 24.0. The zero-order valence-electron chi connectivity index (χ0n) is 15.2. The molecule has 7 heteroatoms. The second kappa shape index (κ2) is 8.44. The summed E-state index contributed by atoms with van der Waals surface area (Å²) in [5, 5.41) is 3.90. The number of ether oxygens (including phenoxy) is 1. The molecule has 0 bridgehead atoms. The van der Waals surface area contributed by atoms with Gasteiger partial charge in [-0.2, -0.15) is 4.98 Å². The van der Waals surface area contributed by atoms with Crippen LogP contribution in [0.4, 0.5) is 4.39 Å². The lowest BCUT2D eigenvalue weighted by Gasteiger charge is -2.16. The van der Waals surface area contributed by atoms with E-state index in [1.165, 1.54) is 23.1 Å². The highest BCUT2D eigenvalue weighted by atomic mass is 19.1. The van der Waals surface area contributed by atoms with Crippen molar-refractivity contribution >= 4 is 5.91 Å². The zero-order valence-corrected chi connectivity index (χ0v) is 15.2. The molecule has 1 amide bonds. The Kier molecular flexibility index (Phi) is 5.80. The molecule has 0 saturated carbocycles. The zero-order chi connectivity index (χ0) is 19.2. The Morgan fingerprint density at radius 2 is 2.04 bits per heavy atom. The van der Waals surface area contributed by atoms with Crippen LogP contribution in [0.5, 0.6) is 5.75 Å². The summed E-state index contributed by atoms with van der Waals surface area (Å²) in [6, 6.07) is 13.3. The molecule has 0 saturated heterocycles. The van der Waals surface area contributed by atoms with Crippen molar-refractivity contribution in [1.82, 2.24) is 15.0 Å². The van der Waals surface area contributed by atoms with Gasteiger partial charge in [-0.05, 0) is 42.8 Å². The van der Waals surface area contributed by atoms with Gasteiger partial charge in [0.25, 0.3) is 11.8 Å². The fourth-order valence-electron chi connectivity index (χ4n) is 2.51. The van der Waals surface area contributed by atoms with Gasteiger partial charge in [-0.15, -0.1) is 0 Å². The van der Waals surface area contributed by atoms with Gasteiger partial charge in [0.1, 0.15) is 11.6 Å². The molecular weight excluding hydrogens is 349 g/mol. The van der Waals surface area contributed by atoms with Crippen LogP contribution < -0.4 is 4.74 Å². The number of carbonyl (C=O) groups is 1. The quantitative estimate of drug-likeness (QED) is 0.638. The number of nitrogens with zero attached hydrogens (tertiary/aromatic N) is 3. The van der Waals surface area contributed by atoms with Gasteiger partial charge < -0.3 is 14.2 Å². The summed E-state index contributed by atoms with van der Waals surface area (Å²) in [6.45, 7) is 2.54. The highest BCUT2D eigenvalue weighted by molar-refractivity contribution is 5.94. The van der Waals surface area contributed by atoms with E-state index in [0.717, 1.165) is 11.3 Å². The largest absolute Gasteiger partial charge is 0.484 e. The first-order valence-corrected chi connectivity index (χ1v) is 8.53. The van der Waals surface area contributed by atoms with E-state index in [-0.39, 0.29) is 12.5 Å². The fraction of sp³-hybridized carbons (Fsp3) is 0.250. The molecule has 2 aromatic carbocycles. The third kappa shape index (κ3) is 5.13. The number of aryl methyl sites for hydroxylation is 1. The summed E-state index contributed by atoms with van der Waals surface area (Å²) in [5.74, 6) is 0.879. The second-order valence-corrected chi connectivity index (χ2v) is 6.20. The molecule has 0 radical (unpaired) electrons. The van der Waals surface area contributed by atoms with E-state index < -0.39 is 5.82 Å². The molecular formula is C20H20FN3O3. The minimum Gasteiger partial charge on any atom is -0.484 e. The molecule has 0 atom stereocenters. The molecule has 0 aliphatic carbocycles. The Bertz CT molecular complexity index is 926. The third-order valence-electron chi connectivity index (χ3n) is 3.95. The first-order chi connectivity index (χ1) is 13.0. The SMILES string of the molecule is Cc1cccc(OCc2nc(CCN(C)C(=O)c3cccc(F)c3)no2)c1. The van der Waals surface area contributed by atoms with Crippen LogP contribution in [0.15, 0.2) is 53.1 Å². The van der Waals surface area contributed by atoms with Crippen molar-refractivity contribution in [3.05, 3.63) is 77.2 Å². The van der Waals surface area contributed by atoms with Gasteiger partial charge in [-0.3, -0.25) is 4.79 Å². The number of carbonyl (C=O) groups excluding carboxylic acids is 1. The lowest BCUT2D eigenvalue weighted by molar-refractivity contribution is 0.0795. The van der Waals surface area contributed by atoms with Gasteiger partial charge >= 0.3 is 0 Å². The van der Waals surface area contributed by atoms with Crippen LogP contribution >= 0.6 is 0 Å². The van der Waals surface area contributed by atoms with Crippen molar-refractivity contribution in [2.75, 3.05) is 13.6 Å². The van der Waals surface area contributed by atoms with E-state index in [1.807, 2.05) is 31.2 Å². The monoisotopic (exact) mass is 369 g/mol. The van der Waals surface area contributed by atoms with E-state index in [9.17, 15) is 9.18 Å². The van der Waals surface area contributed by atoms with Crippen LogP contribution in [0.25, 0.3) is 0 Å². The lowest BCUT2D eigenvalue weighted by atomic mass is 10.2. The van der Waals surface area contributed by atoms with Crippen LogP contribution in [-0.4, -0.2) is 34.5 Å². The van der Waals surface area contributed by atoms with E-state index in [4.69, 9.17) is 9.26 Å². The number of rotatable bonds is 7. The normalized spacial score (nSPS) is 10.6. The fourth-order valence-corrected chi connectivity index (χ4v) is 2.51. The smallest absolute Gasteiger partial charge is 0.264 e. The number of hydrogen-bond donors (Lipinski definition) is 0. The van der Waals surface area contributed by atoms with Crippen molar-refractivity contribution in [2.45, 2.75) is 20.0 Å². The minimum atomic E-state index is -0.439. The third-order valence-corrected chi connectivity index (χ3v) is 3.95. The maximum absolute atomic E-state index is 13.2. The molecule has 3 aromatic rings. The first-order valence-electron chi connectivity index (χ1n) is 8.53. The Balaban J connectivity index is 1.51. The first kappa shape index (κ1) is 18.6. The molecule has 3 rings (SSSR count). The molecule has 6 nitrogen and oxygen atoms in total. The number of aromatic nitrogens is 2. The van der Waals surface area contributed by atoms with Gasteiger partial charge in [0.15, 0.2) is 12.4 Å². The maximum Gasteiger partial charge on any atom is 0.264 e. The van der Waals surface area contributed by atoms with Crippen LogP contribution in [0.1, 0.15) is 27.6 Å². The Labute approximate surface area is 156 Å². The Hall–Kier alpha value is -3.22. The van der Waals surface area contributed by atoms with Gasteiger partial charge in [0, 0.05) is 25.6 Å². The molecule has 0 N–H and O–H groups in total. The molecule has 0 spiro atoms. The summed E-state index contributed by atoms with van der Waals surface area (Å²) >= 11 is 0. The summed E-state index contributed by atoms with van der Waals surface area (Å²) in [7, 11) is 1.65.